The number of anilines is 1. The zero-order valence-electron chi connectivity index (χ0n) is 18.7. The van der Waals surface area contributed by atoms with Crippen LogP contribution in [-0.2, 0) is 11.2 Å². The van der Waals surface area contributed by atoms with Gasteiger partial charge in [0.2, 0.25) is 0 Å². The summed E-state index contributed by atoms with van der Waals surface area (Å²) in [7, 11) is 0. The number of nitrogens with two attached hydrogens (primary N) is 1. The molecule has 1 aliphatic carbocycles. The molecule has 6 rings (SSSR count). The average Bonchev–Trinajstić information content (AvgIpc) is 3.38. The summed E-state index contributed by atoms with van der Waals surface area (Å²) in [6, 6.07) is 2.90. The van der Waals surface area contributed by atoms with Gasteiger partial charge in [-0.05, 0) is 36.2 Å². The highest BCUT2D eigenvalue weighted by atomic mass is 19.4. The molecule has 0 bridgehead atoms. The number of rotatable bonds is 2. The maximum atomic E-state index is 14.5. The summed E-state index contributed by atoms with van der Waals surface area (Å²) < 4.78 is 63.9. The van der Waals surface area contributed by atoms with Gasteiger partial charge < -0.3 is 20.1 Å². The van der Waals surface area contributed by atoms with Crippen molar-refractivity contribution >= 4 is 28.3 Å². The number of nitrogens with zero attached hydrogens (tertiary/aromatic N) is 5. The number of morpholine rings is 1. The summed E-state index contributed by atoms with van der Waals surface area (Å²) in [6.45, 7) is 2.20. The number of aryl methyl sites for hydroxylation is 1. The number of carbonyl (C=O) groups is 1. The molecule has 1 saturated heterocycles. The van der Waals surface area contributed by atoms with E-state index < -0.39 is 36.0 Å². The Balaban J connectivity index is 1.39. The smallest absolute Gasteiger partial charge is 0.403 e. The molecule has 2 aliphatic rings. The van der Waals surface area contributed by atoms with E-state index in [4.69, 9.17) is 10.5 Å². The number of carbonyl (C=O) groups excluding carboxylic acids is 1. The summed E-state index contributed by atoms with van der Waals surface area (Å²) in [6.07, 6.45) is -2.33. The monoisotopic (exact) mass is 502 g/mol. The van der Waals surface area contributed by atoms with E-state index >= 15 is 0 Å². The lowest BCUT2D eigenvalue weighted by Crippen LogP contribution is -2.46. The molecule has 2 atom stereocenters. The van der Waals surface area contributed by atoms with Crippen LogP contribution in [0.3, 0.4) is 0 Å². The number of pyridine rings is 1. The number of hydrogen-bond donors (Lipinski definition) is 1. The number of hydrogen-bond acceptors (Lipinski definition) is 7. The van der Waals surface area contributed by atoms with Crippen LogP contribution in [-0.4, -0.2) is 55.8 Å². The fourth-order valence-electron chi connectivity index (χ4n) is 5.07. The van der Waals surface area contributed by atoms with Gasteiger partial charge >= 0.3 is 6.36 Å². The quantitative estimate of drug-likeness (QED) is 0.419. The van der Waals surface area contributed by atoms with Crippen LogP contribution in [0.1, 0.15) is 33.4 Å². The molecule has 2 N–H and O–H groups in total. The molecule has 9 nitrogen and oxygen atoms in total. The molecule has 186 valence electrons. The molecule has 4 aromatic rings. The molecule has 0 saturated carbocycles. The van der Waals surface area contributed by atoms with Gasteiger partial charge in [-0.15, -0.1) is 13.2 Å². The fraction of sp³-hybridized carbons (Fsp3) is 0.304. The summed E-state index contributed by atoms with van der Waals surface area (Å²) in [5, 5.41) is 0. The molecular weight excluding hydrogens is 484 g/mol. The average molecular weight is 502 g/mol. The second-order valence-corrected chi connectivity index (χ2v) is 8.69. The predicted molar refractivity (Wildman–Crippen MR) is 118 cm³/mol. The lowest BCUT2D eigenvalue weighted by atomic mass is 10.0. The molecule has 13 heteroatoms. The van der Waals surface area contributed by atoms with E-state index in [0.717, 1.165) is 12.1 Å². The Morgan fingerprint density at radius 1 is 1.25 bits per heavy atom. The maximum absolute atomic E-state index is 14.5. The number of nitrogen functional groups attached to an aromatic ring is 1. The van der Waals surface area contributed by atoms with E-state index in [1.165, 1.54) is 11.1 Å². The number of halogens is 4. The first kappa shape index (κ1) is 22.5. The highest BCUT2D eigenvalue weighted by Gasteiger charge is 2.44. The Morgan fingerprint density at radius 3 is 2.83 bits per heavy atom. The van der Waals surface area contributed by atoms with E-state index in [0.29, 0.717) is 33.4 Å². The first-order chi connectivity index (χ1) is 17.1. The van der Waals surface area contributed by atoms with Crippen molar-refractivity contribution in [1.29, 1.82) is 0 Å². The van der Waals surface area contributed by atoms with Crippen molar-refractivity contribution in [1.82, 2.24) is 24.3 Å². The molecule has 1 fully saturated rings. The largest absolute Gasteiger partial charge is 0.573 e. The first-order valence-electron chi connectivity index (χ1n) is 11.0. The molecule has 1 amide bonds. The minimum atomic E-state index is -5.03. The van der Waals surface area contributed by atoms with Gasteiger partial charge in [0.15, 0.2) is 17.4 Å². The van der Waals surface area contributed by atoms with E-state index in [1.54, 1.807) is 23.7 Å². The highest BCUT2D eigenvalue weighted by molar-refractivity contribution is 5.96. The second kappa shape index (κ2) is 7.75. The van der Waals surface area contributed by atoms with Crippen molar-refractivity contribution in [2.24, 2.45) is 0 Å². The SMILES string of the molecule is Cc1ncn2c1c(N)nc1cnc(C(=O)N3CCO[C@@H]4Cc5cc(OC(F)(F)F)c(F)cc5[C@@H]43)cc12. The molecule has 1 aromatic carbocycles. The Labute approximate surface area is 200 Å². The number of aromatic nitrogens is 4. The predicted octanol–water partition coefficient (Wildman–Crippen LogP) is 3.34. The zero-order valence-corrected chi connectivity index (χ0v) is 18.7. The Hall–Kier alpha value is -4.00. The van der Waals surface area contributed by atoms with E-state index in [2.05, 4.69) is 19.7 Å². The molecular formula is C23H18F4N6O3. The van der Waals surface area contributed by atoms with Crippen LogP contribution < -0.4 is 10.5 Å². The van der Waals surface area contributed by atoms with Gasteiger partial charge in [0.05, 0.1) is 36.2 Å². The molecule has 3 aromatic heterocycles. The first-order valence-corrected chi connectivity index (χ1v) is 11.0. The van der Waals surface area contributed by atoms with Crippen molar-refractivity contribution < 1.29 is 31.8 Å². The third-order valence-electron chi connectivity index (χ3n) is 6.55. The van der Waals surface area contributed by atoms with Crippen molar-refractivity contribution in [2.45, 2.75) is 31.9 Å². The van der Waals surface area contributed by atoms with Gasteiger partial charge in [0, 0.05) is 13.0 Å². The second-order valence-electron chi connectivity index (χ2n) is 8.69. The molecule has 0 spiro atoms. The van der Waals surface area contributed by atoms with Crippen LogP contribution >= 0.6 is 0 Å². The molecule has 0 unspecified atom stereocenters. The van der Waals surface area contributed by atoms with Crippen LogP contribution in [0, 0.1) is 12.7 Å². The van der Waals surface area contributed by atoms with Crippen LogP contribution in [0.5, 0.6) is 5.75 Å². The van der Waals surface area contributed by atoms with Gasteiger partial charge in [-0.25, -0.2) is 19.3 Å². The normalized spacial score (nSPS) is 19.5. The van der Waals surface area contributed by atoms with Gasteiger partial charge in [0.1, 0.15) is 23.1 Å². The molecule has 4 heterocycles. The minimum Gasteiger partial charge on any atom is -0.403 e. The highest BCUT2D eigenvalue weighted by Crippen LogP contribution is 2.43. The van der Waals surface area contributed by atoms with E-state index in [1.807, 2.05) is 0 Å². The standard InChI is InChI=1S/C23H18F4N6O3/c1-10-19-21(28)31-15-8-29-14(7-16(15)33(19)9-30-10)22(34)32-2-3-35-18-5-11-4-17(36-23(25,26)27)13(24)6-12(11)20(18)32/h4,6-9,18,20H,2-3,5H2,1H3,(H2,28,31)/t18-,20+/m1/s1. The number of fused-ring (bicyclic) bond motifs is 6. The van der Waals surface area contributed by atoms with Crippen molar-refractivity contribution in [3.8, 4) is 5.75 Å². The molecule has 36 heavy (non-hydrogen) atoms. The summed E-state index contributed by atoms with van der Waals surface area (Å²) in [5.74, 6) is -2.23. The van der Waals surface area contributed by atoms with Gasteiger partial charge in [-0.2, -0.15) is 0 Å². The Kier molecular flexibility index (Phi) is 4.84. The number of imidazole rings is 1. The van der Waals surface area contributed by atoms with Crippen LogP contribution in [0.2, 0.25) is 0 Å². The number of ether oxygens (including phenoxy) is 2. The lowest BCUT2D eigenvalue weighted by molar-refractivity contribution is -0.275. The number of benzene rings is 1. The number of amides is 1. The summed E-state index contributed by atoms with van der Waals surface area (Å²) >= 11 is 0. The van der Waals surface area contributed by atoms with Gasteiger partial charge in [-0.3, -0.25) is 9.20 Å². The van der Waals surface area contributed by atoms with E-state index in [9.17, 15) is 22.4 Å². The Bertz CT molecular complexity index is 1550. The lowest BCUT2D eigenvalue weighted by Gasteiger charge is -2.38. The van der Waals surface area contributed by atoms with Crippen molar-refractivity contribution in [2.75, 3.05) is 18.9 Å². The van der Waals surface area contributed by atoms with Crippen molar-refractivity contribution in [3.63, 3.8) is 0 Å². The molecule has 1 aliphatic heterocycles. The Morgan fingerprint density at radius 2 is 2.06 bits per heavy atom. The zero-order chi connectivity index (χ0) is 25.4. The topological polar surface area (TPSA) is 108 Å². The van der Waals surface area contributed by atoms with Crippen molar-refractivity contribution in [3.05, 3.63) is 59.1 Å². The maximum Gasteiger partial charge on any atom is 0.573 e. The minimum absolute atomic E-state index is 0.119. The third kappa shape index (κ3) is 3.49. The van der Waals surface area contributed by atoms with E-state index in [-0.39, 0.29) is 31.1 Å². The van der Waals surface area contributed by atoms with Gasteiger partial charge in [-0.1, -0.05) is 0 Å². The van der Waals surface area contributed by atoms with Crippen LogP contribution in [0.15, 0.2) is 30.7 Å². The fourth-order valence-corrected chi connectivity index (χ4v) is 5.07. The van der Waals surface area contributed by atoms with Crippen LogP contribution in [0.4, 0.5) is 23.4 Å². The van der Waals surface area contributed by atoms with Crippen LogP contribution in [0.25, 0.3) is 16.6 Å². The third-order valence-corrected chi connectivity index (χ3v) is 6.55. The van der Waals surface area contributed by atoms with Gasteiger partial charge in [0.25, 0.3) is 5.91 Å². The number of alkyl halides is 3. The summed E-state index contributed by atoms with van der Waals surface area (Å²) in [4.78, 5) is 28.0. The summed E-state index contributed by atoms with van der Waals surface area (Å²) in [5.41, 5.74) is 9.32. The molecule has 0 radical (unpaired) electrons.